The van der Waals surface area contributed by atoms with Crippen LogP contribution in [0.15, 0.2) is 30.9 Å². The van der Waals surface area contributed by atoms with Gasteiger partial charge in [-0.15, -0.1) is 6.58 Å². The van der Waals surface area contributed by atoms with E-state index in [0.29, 0.717) is 0 Å². The van der Waals surface area contributed by atoms with Gasteiger partial charge in [0.1, 0.15) is 0 Å². The maximum absolute atomic E-state index is 3.73. The predicted molar refractivity (Wildman–Crippen MR) is 54.6 cm³/mol. The summed E-state index contributed by atoms with van der Waals surface area (Å²) in [5, 5.41) is 3.16. The second-order valence-electron chi connectivity index (χ2n) is 2.90. The SMILES string of the molecule is C=CCc1cc(C)ccc1NC. The van der Waals surface area contributed by atoms with Crippen LogP contribution < -0.4 is 5.32 Å². The van der Waals surface area contributed by atoms with Crippen LogP contribution in [0.3, 0.4) is 0 Å². The first-order valence-corrected chi connectivity index (χ1v) is 4.16. The van der Waals surface area contributed by atoms with E-state index in [9.17, 15) is 0 Å². The molecule has 0 bridgehead atoms. The Kier molecular flexibility index (Phi) is 2.92. The Morgan fingerprint density at radius 2 is 2.25 bits per heavy atom. The summed E-state index contributed by atoms with van der Waals surface area (Å²) in [4.78, 5) is 0. The van der Waals surface area contributed by atoms with E-state index in [1.807, 2.05) is 13.1 Å². The van der Waals surface area contributed by atoms with Crippen molar-refractivity contribution in [2.24, 2.45) is 0 Å². The lowest BCUT2D eigenvalue weighted by Gasteiger charge is -2.07. The standard InChI is InChI=1S/C11H15N/c1-4-5-10-8-9(2)6-7-11(10)12-3/h4,6-8,12H,1,5H2,2-3H3. The molecule has 0 saturated heterocycles. The average Bonchev–Trinajstić information content (AvgIpc) is 2.05. The predicted octanol–water partition coefficient (Wildman–Crippen LogP) is 2.77. The molecular weight excluding hydrogens is 146 g/mol. The maximum atomic E-state index is 3.73. The van der Waals surface area contributed by atoms with Gasteiger partial charge in [0.05, 0.1) is 0 Å². The molecule has 1 rings (SSSR count). The van der Waals surface area contributed by atoms with Crippen LogP contribution in [0.5, 0.6) is 0 Å². The Hall–Kier alpha value is -1.24. The van der Waals surface area contributed by atoms with Gasteiger partial charge in [-0.1, -0.05) is 23.8 Å². The first-order valence-electron chi connectivity index (χ1n) is 4.16. The molecule has 1 heteroatoms. The molecule has 0 unspecified atom stereocenters. The van der Waals surface area contributed by atoms with Crippen LogP contribution in [0.1, 0.15) is 11.1 Å². The van der Waals surface area contributed by atoms with Crippen LogP contribution in [-0.4, -0.2) is 7.05 Å². The molecule has 64 valence electrons. The Morgan fingerprint density at radius 1 is 1.50 bits per heavy atom. The molecule has 0 amide bonds. The molecule has 12 heavy (non-hydrogen) atoms. The van der Waals surface area contributed by atoms with Gasteiger partial charge < -0.3 is 5.32 Å². The van der Waals surface area contributed by atoms with Gasteiger partial charge in [0.2, 0.25) is 0 Å². The molecule has 1 aromatic rings. The van der Waals surface area contributed by atoms with Crippen LogP contribution in [0.25, 0.3) is 0 Å². The first-order chi connectivity index (χ1) is 5.77. The van der Waals surface area contributed by atoms with Crippen LogP contribution in [0, 0.1) is 6.92 Å². The number of rotatable bonds is 3. The fraction of sp³-hybridized carbons (Fsp3) is 0.273. The lowest BCUT2D eigenvalue weighted by molar-refractivity contribution is 1.24. The molecule has 0 aliphatic carbocycles. The molecule has 1 N–H and O–H groups in total. The monoisotopic (exact) mass is 161 g/mol. The first kappa shape index (κ1) is 8.85. The van der Waals surface area contributed by atoms with Crippen molar-refractivity contribution in [3.8, 4) is 0 Å². The lowest BCUT2D eigenvalue weighted by Crippen LogP contribution is -1.94. The number of aryl methyl sites for hydroxylation is 1. The zero-order chi connectivity index (χ0) is 8.97. The molecule has 0 aromatic heterocycles. The zero-order valence-electron chi connectivity index (χ0n) is 7.72. The van der Waals surface area contributed by atoms with E-state index >= 15 is 0 Å². The highest BCUT2D eigenvalue weighted by Gasteiger charge is 1.97. The van der Waals surface area contributed by atoms with Gasteiger partial charge in [0.25, 0.3) is 0 Å². The van der Waals surface area contributed by atoms with Crippen LogP contribution >= 0.6 is 0 Å². The summed E-state index contributed by atoms with van der Waals surface area (Å²) in [7, 11) is 1.94. The van der Waals surface area contributed by atoms with Crippen molar-refractivity contribution in [1.82, 2.24) is 0 Å². The van der Waals surface area contributed by atoms with E-state index in [2.05, 4.69) is 37.0 Å². The number of hydrogen-bond donors (Lipinski definition) is 1. The highest BCUT2D eigenvalue weighted by molar-refractivity contribution is 5.52. The fourth-order valence-corrected chi connectivity index (χ4v) is 1.29. The zero-order valence-corrected chi connectivity index (χ0v) is 7.72. The van der Waals surface area contributed by atoms with Gasteiger partial charge in [-0.3, -0.25) is 0 Å². The minimum atomic E-state index is 0.928. The van der Waals surface area contributed by atoms with Crippen molar-refractivity contribution < 1.29 is 0 Å². The van der Waals surface area contributed by atoms with E-state index in [-0.39, 0.29) is 0 Å². The third kappa shape index (κ3) is 1.88. The molecule has 0 aliphatic heterocycles. The van der Waals surface area contributed by atoms with Gasteiger partial charge >= 0.3 is 0 Å². The largest absolute Gasteiger partial charge is 0.388 e. The van der Waals surface area contributed by atoms with Gasteiger partial charge in [-0.2, -0.15) is 0 Å². The summed E-state index contributed by atoms with van der Waals surface area (Å²) in [5.74, 6) is 0. The summed E-state index contributed by atoms with van der Waals surface area (Å²) < 4.78 is 0. The van der Waals surface area contributed by atoms with Crippen molar-refractivity contribution in [3.63, 3.8) is 0 Å². The molecule has 1 nitrogen and oxygen atoms in total. The van der Waals surface area contributed by atoms with Crippen LogP contribution in [0.2, 0.25) is 0 Å². The smallest absolute Gasteiger partial charge is 0.0373 e. The quantitative estimate of drug-likeness (QED) is 0.672. The van der Waals surface area contributed by atoms with Crippen molar-refractivity contribution in [3.05, 3.63) is 42.0 Å². The molecular formula is C11H15N. The Bertz CT molecular complexity index is 276. The topological polar surface area (TPSA) is 12.0 Å². The minimum Gasteiger partial charge on any atom is -0.388 e. The fourth-order valence-electron chi connectivity index (χ4n) is 1.29. The summed E-state index contributed by atoms with van der Waals surface area (Å²) in [6.07, 6.45) is 2.85. The third-order valence-electron chi connectivity index (χ3n) is 1.89. The van der Waals surface area contributed by atoms with Gasteiger partial charge in [0.15, 0.2) is 0 Å². The third-order valence-corrected chi connectivity index (χ3v) is 1.89. The van der Waals surface area contributed by atoms with Crippen molar-refractivity contribution in [1.29, 1.82) is 0 Å². The highest BCUT2D eigenvalue weighted by atomic mass is 14.8. The van der Waals surface area contributed by atoms with E-state index in [4.69, 9.17) is 0 Å². The number of benzene rings is 1. The molecule has 1 aromatic carbocycles. The van der Waals surface area contributed by atoms with E-state index in [0.717, 1.165) is 6.42 Å². The summed E-state index contributed by atoms with van der Waals surface area (Å²) in [5.41, 5.74) is 3.80. The van der Waals surface area contributed by atoms with Crippen molar-refractivity contribution in [2.75, 3.05) is 12.4 Å². The molecule has 0 fully saturated rings. The Morgan fingerprint density at radius 3 is 2.83 bits per heavy atom. The second-order valence-corrected chi connectivity index (χ2v) is 2.90. The average molecular weight is 161 g/mol. The summed E-state index contributed by atoms with van der Waals surface area (Å²) >= 11 is 0. The van der Waals surface area contributed by atoms with Crippen LogP contribution in [-0.2, 0) is 6.42 Å². The number of hydrogen-bond acceptors (Lipinski definition) is 1. The van der Waals surface area contributed by atoms with Crippen LogP contribution in [0.4, 0.5) is 5.69 Å². The number of anilines is 1. The van der Waals surface area contributed by atoms with Gasteiger partial charge in [-0.25, -0.2) is 0 Å². The number of allylic oxidation sites excluding steroid dienone is 1. The normalized spacial score (nSPS) is 9.50. The molecule has 0 radical (unpaired) electrons. The lowest BCUT2D eigenvalue weighted by atomic mass is 10.1. The summed E-state index contributed by atoms with van der Waals surface area (Å²) in [6.45, 7) is 5.84. The summed E-state index contributed by atoms with van der Waals surface area (Å²) in [6, 6.07) is 6.40. The molecule has 0 heterocycles. The Balaban J connectivity index is 3.03. The van der Waals surface area contributed by atoms with E-state index < -0.39 is 0 Å². The molecule has 0 aliphatic rings. The maximum Gasteiger partial charge on any atom is 0.0373 e. The molecule has 0 saturated carbocycles. The van der Waals surface area contributed by atoms with Crippen molar-refractivity contribution >= 4 is 5.69 Å². The highest BCUT2D eigenvalue weighted by Crippen LogP contribution is 2.17. The van der Waals surface area contributed by atoms with Gasteiger partial charge in [0, 0.05) is 12.7 Å². The van der Waals surface area contributed by atoms with E-state index in [1.165, 1.54) is 16.8 Å². The van der Waals surface area contributed by atoms with Crippen molar-refractivity contribution in [2.45, 2.75) is 13.3 Å². The minimum absolute atomic E-state index is 0.928. The second kappa shape index (κ2) is 3.96. The molecule has 0 atom stereocenters. The van der Waals surface area contributed by atoms with E-state index in [1.54, 1.807) is 0 Å². The van der Waals surface area contributed by atoms with Gasteiger partial charge in [-0.05, 0) is 25.0 Å². The molecule has 0 spiro atoms. The number of nitrogens with one attached hydrogen (secondary N) is 1. The Labute approximate surface area is 74.1 Å².